The molecule has 7 heteroatoms. The van der Waals surface area contributed by atoms with Crippen LogP contribution >= 0.6 is 0 Å². The molecule has 26 heavy (non-hydrogen) atoms. The molecule has 1 fully saturated rings. The molecule has 4 rings (SSSR count). The van der Waals surface area contributed by atoms with Crippen LogP contribution in [0.2, 0.25) is 0 Å². The molecule has 0 amide bonds. The van der Waals surface area contributed by atoms with Gasteiger partial charge in [0.05, 0.1) is 12.6 Å². The summed E-state index contributed by atoms with van der Waals surface area (Å²) in [5.41, 5.74) is 7.42. The first-order valence-corrected chi connectivity index (χ1v) is 8.49. The van der Waals surface area contributed by atoms with Gasteiger partial charge in [0.25, 0.3) is 0 Å². The molecule has 1 unspecified atom stereocenters. The van der Waals surface area contributed by atoms with Crippen molar-refractivity contribution in [2.24, 2.45) is 10.7 Å². The number of guanidine groups is 1. The fourth-order valence-electron chi connectivity index (χ4n) is 3.36. The molecule has 1 aliphatic carbocycles. The Hall–Kier alpha value is -2.70. The van der Waals surface area contributed by atoms with Crippen molar-refractivity contribution in [1.29, 1.82) is 0 Å². The third-order valence-corrected chi connectivity index (χ3v) is 4.78. The minimum Gasteiger partial charge on any atom is -0.493 e. The molecule has 0 radical (unpaired) electrons. The van der Waals surface area contributed by atoms with Crippen LogP contribution in [0.4, 0.5) is 13.2 Å². The number of fused-ring (bicyclic) bond motifs is 1. The zero-order valence-electron chi connectivity index (χ0n) is 13.9. The second-order valence-corrected chi connectivity index (χ2v) is 6.60. The van der Waals surface area contributed by atoms with E-state index in [1.807, 2.05) is 24.3 Å². The molecule has 2 aromatic rings. The van der Waals surface area contributed by atoms with Crippen LogP contribution < -0.4 is 15.8 Å². The van der Waals surface area contributed by atoms with Gasteiger partial charge in [-0.1, -0.05) is 18.2 Å². The highest BCUT2D eigenvalue weighted by molar-refractivity contribution is 5.79. The van der Waals surface area contributed by atoms with Crippen molar-refractivity contribution < 1.29 is 17.9 Å². The molecular weight excluding hydrogens is 343 g/mol. The van der Waals surface area contributed by atoms with E-state index in [0.717, 1.165) is 29.9 Å². The molecule has 1 saturated carbocycles. The molecule has 0 saturated heterocycles. The first-order chi connectivity index (χ1) is 12.5. The predicted molar refractivity (Wildman–Crippen MR) is 91.5 cm³/mol. The highest BCUT2D eigenvalue weighted by Gasteiger charge is 2.40. The van der Waals surface area contributed by atoms with E-state index in [4.69, 9.17) is 10.5 Å². The Morgan fingerprint density at radius 3 is 2.65 bits per heavy atom. The first kappa shape index (κ1) is 16.8. The van der Waals surface area contributed by atoms with Gasteiger partial charge in [-0.25, -0.2) is 18.2 Å². The standard InChI is InChI=1S/C19H18F3N3O/c20-13-7-10(8-14(21)18(13)22)12-9-16(12)25-19(23)24-15-5-6-26-17-4-2-1-3-11(15)17/h1-4,7-8,12,15-16H,5-6,9H2,(H3,23,24,25)/t12-,15?,16+/m0/s1. The summed E-state index contributed by atoms with van der Waals surface area (Å²) in [6, 6.07) is 9.59. The quantitative estimate of drug-likeness (QED) is 0.501. The van der Waals surface area contributed by atoms with Crippen LogP contribution in [0.5, 0.6) is 5.75 Å². The summed E-state index contributed by atoms with van der Waals surface area (Å²) in [4.78, 5) is 4.53. The fourth-order valence-corrected chi connectivity index (χ4v) is 3.36. The third-order valence-electron chi connectivity index (χ3n) is 4.78. The molecule has 1 aliphatic heterocycles. The molecule has 0 spiro atoms. The Morgan fingerprint density at radius 1 is 1.15 bits per heavy atom. The molecule has 2 aliphatic rings. The number of halogens is 3. The largest absolute Gasteiger partial charge is 0.493 e. The zero-order chi connectivity index (χ0) is 18.3. The van der Waals surface area contributed by atoms with Crippen LogP contribution in [0, 0.1) is 17.5 Å². The number of hydrogen-bond acceptors (Lipinski definition) is 2. The lowest BCUT2D eigenvalue weighted by molar-refractivity contribution is 0.269. The summed E-state index contributed by atoms with van der Waals surface area (Å²) in [5.74, 6) is -2.82. The van der Waals surface area contributed by atoms with Gasteiger partial charge in [-0.15, -0.1) is 0 Å². The van der Waals surface area contributed by atoms with E-state index in [1.54, 1.807) is 0 Å². The summed E-state index contributed by atoms with van der Waals surface area (Å²) in [5, 5.41) is 3.08. The van der Waals surface area contributed by atoms with Crippen LogP contribution in [0.1, 0.15) is 35.9 Å². The van der Waals surface area contributed by atoms with Gasteiger partial charge in [0, 0.05) is 23.9 Å². The number of hydrogen-bond donors (Lipinski definition) is 2. The summed E-state index contributed by atoms with van der Waals surface area (Å²) in [6.45, 7) is 0.568. The van der Waals surface area contributed by atoms with E-state index in [2.05, 4.69) is 10.3 Å². The lowest BCUT2D eigenvalue weighted by atomic mass is 10.0. The SMILES string of the molecule is NC(=NC1CCOc2ccccc21)N[C@@H]1C[C@H]1c1cc(F)c(F)c(F)c1. The van der Waals surface area contributed by atoms with Gasteiger partial charge >= 0.3 is 0 Å². The molecule has 1 heterocycles. The molecule has 0 bridgehead atoms. The topological polar surface area (TPSA) is 59.6 Å². The number of para-hydroxylation sites is 1. The maximum Gasteiger partial charge on any atom is 0.194 e. The summed E-state index contributed by atoms with van der Waals surface area (Å²) in [7, 11) is 0. The summed E-state index contributed by atoms with van der Waals surface area (Å²) < 4.78 is 45.4. The van der Waals surface area contributed by atoms with Gasteiger partial charge in [-0.2, -0.15) is 0 Å². The molecule has 4 nitrogen and oxygen atoms in total. The van der Waals surface area contributed by atoms with Crippen molar-refractivity contribution in [3.05, 3.63) is 65.0 Å². The number of aliphatic imine (C=N–C) groups is 1. The highest BCUT2D eigenvalue weighted by atomic mass is 19.2. The number of ether oxygens (including phenoxy) is 1. The van der Waals surface area contributed by atoms with Crippen LogP contribution in [-0.4, -0.2) is 18.6 Å². The summed E-state index contributed by atoms with van der Waals surface area (Å²) >= 11 is 0. The maximum absolute atomic E-state index is 13.4. The first-order valence-electron chi connectivity index (χ1n) is 8.49. The van der Waals surface area contributed by atoms with Gasteiger partial charge in [-0.05, 0) is 30.2 Å². The Bertz CT molecular complexity index is 848. The van der Waals surface area contributed by atoms with Crippen LogP contribution in [0.3, 0.4) is 0 Å². The number of nitrogens with two attached hydrogens (primary N) is 1. The average molecular weight is 361 g/mol. The van der Waals surface area contributed by atoms with E-state index in [1.165, 1.54) is 0 Å². The summed E-state index contributed by atoms with van der Waals surface area (Å²) in [6.07, 6.45) is 1.38. The molecule has 0 aromatic heterocycles. The second-order valence-electron chi connectivity index (χ2n) is 6.60. The Kier molecular flexibility index (Phi) is 4.22. The maximum atomic E-state index is 13.4. The van der Waals surface area contributed by atoms with Crippen molar-refractivity contribution >= 4 is 5.96 Å². The van der Waals surface area contributed by atoms with Crippen molar-refractivity contribution in [2.45, 2.75) is 30.8 Å². The van der Waals surface area contributed by atoms with Gasteiger partial charge in [0.2, 0.25) is 0 Å². The molecule has 3 atom stereocenters. The normalized spacial score (nSPS) is 24.6. The number of nitrogens with one attached hydrogen (secondary N) is 1. The number of rotatable bonds is 3. The van der Waals surface area contributed by atoms with E-state index in [9.17, 15) is 13.2 Å². The Balaban J connectivity index is 1.44. The van der Waals surface area contributed by atoms with Crippen molar-refractivity contribution in [3.63, 3.8) is 0 Å². The van der Waals surface area contributed by atoms with Crippen LogP contribution in [0.15, 0.2) is 41.4 Å². The molecular formula is C19H18F3N3O. The minimum atomic E-state index is -1.45. The highest BCUT2D eigenvalue weighted by Crippen LogP contribution is 2.41. The van der Waals surface area contributed by atoms with Crippen molar-refractivity contribution in [3.8, 4) is 5.75 Å². The van der Waals surface area contributed by atoms with Gasteiger partial charge in [-0.3, -0.25) is 0 Å². The molecule has 2 aromatic carbocycles. The zero-order valence-corrected chi connectivity index (χ0v) is 13.9. The average Bonchev–Trinajstić information content (AvgIpc) is 3.38. The van der Waals surface area contributed by atoms with E-state index >= 15 is 0 Å². The number of benzene rings is 2. The van der Waals surface area contributed by atoms with E-state index in [-0.39, 0.29) is 24.0 Å². The van der Waals surface area contributed by atoms with Crippen molar-refractivity contribution in [2.75, 3.05) is 6.61 Å². The molecule has 136 valence electrons. The fraction of sp³-hybridized carbons (Fsp3) is 0.316. The lowest BCUT2D eigenvalue weighted by Gasteiger charge is -2.23. The van der Waals surface area contributed by atoms with Crippen LogP contribution in [0.25, 0.3) is 0 Å². The van der Waals surface area contributed by atoms with E-state index < -0.39 is 17.5 Å². The van der Waals surface area contributed by atoms with E-state index in [0.29, 0.717) is 18.6 Å². The molecule has 3 N–H and O–H groups in total. The Labute approximate surface area is 148 Å². The van der Waals surface area contributed by atoms with Crippen LogP contribution in [-0.2, 0) is 0 Å². The van der Waals surface area contributed by atoms with Crippen molar-refractivity contribution in [1.82, 2.24) is 5.32 Å². The lowest BCUT2D eigenvalue weighted by Crippen LogP contribution is -2.35. The van der Waals surface area contributed by atoms with Gasteiger partial charge < -0.3 is 15.8 Å². The minimum absolute atomic E-state index is 0.0712. The van der Waals surface area contributed by atoms with Gasteiger partial charge in [0.1, 0.15) is 5.75 Å². The van der Waals surface area contributed by atoms with Gasteiger partial charge in [0.15, 0.2) is 23.4 Å². The second kappa shape index (κ2) is 6.55. The predicted octanol–water partition coefficient (Wildman–Crippen LogP) is 3.39. The number of nitrogens with zero attached hydrogens (tertiary/aromatic N) is 1. The Morgan fingerprint density at radius 2 is 1.88 bits per heavy atom. The monoisotopic (exact) mass is 361 g/mol. The smallest absolute Gasteiger partial charge is 0.194 e. The third kappa shape index (κ3) is 3.21.